The minimum atomic E-state index is 0.305. The summed E-state index contributed by atoms with van der Waals surface area (Å²) < 4.78 is 7.62. The quantitative estimate of drug-likeness (QED) is 0.374. The summed E-state index contributed by atoms with van der Waals surface area (Å²) in [5.74, 6) is 0.851. The number of anilines is 1. The van der Waals surface area contributed by atoms with E-state index < -0.39 is 0 Å². The van der Waals surface area contributed by atoms with Gasteiger partial charge in [0, 0.05) is 36.1 Å². The molecule has 7 nitrogen and oxygen atoms in total. The van der Waals surface area contributed by atoms with E-state index in [1.54, 1.807) is 19.3 Å². The van der Waals surface area contributed by atoms with Crippen molar-refractivity contribution in [2.24, 2.45) is 0 Å². The summed E-state index contributed by atoms with van der Waals surface area (Å²) in [5.41, 5.74) is 4.59. The van der Waals surface area contributed by atoms with Gasteiger partial charge in [0.25, 0.3) is 0 Å². The van der Waals surface area contributed by atoms with Crippen LogP contribution in [0.4, 0.5) is 6.01 Å². The second-order valence-electron chi connectivity index (χ2n) is 6.91. The lowest BCUT2D eigenvalue weighted by atomic mass is 9.99. The normalized spacial score (nSPS) is 11.2. The number of aryl methyl sites for hydroxylation is 1. The van der Waals surface area contributed by atoms with Crippen LogP contribution in [0.15, 0.2) is 59.3 Å². The van der Waals surface area contributed by atoms with Gasteiger partial charge in [-0.15, -0.1) is 5.10 Å². The smallest absolute Gasteiger partial charge is 0.315 e. The third kappa shape index (κ3) is 3.32. The molecule has 0 fully saturated rings. The summed E-state index contributed by atoms with van der Waals surface area (Å²) in [6, 6.07) is 13.5. The molecule has 2 aromatic carbocycles. The number of nitrogens with zero attached hydrogens (tertiary/aromatic N) is 5. The number of halogens is 2. The molecule has 3 aromatic heterocycles. The second kappa shape index (κ2) is 7.68. The molecule has 0 radical (unpaired) electrons. The van der Waals surface area contributed by atoms with Gasteiger partial charge < -0.3 is 9.73 Å². The van der Waals surface area contributed by atoms with Crippen molar-refractivity contribution < 1.29 is 4.42 Å². The molecule has 9 heteroatoms. The maximum atomic E-state index is 6.70. The highest BCUT2D eigenvalue weighted by Crippen LogP contribution is 2.43. The first-order valence-corrected chi connectivity index (χ1v) is 10.2. The van der Waals surface area contributed by atoms with Gasteiger partial charge in [0.1, 0.15) is 5.69 Å². The van der Waals surface area contributed by atoms with Gasteiger partial charge in [0.05, 0.1) is 15.7 Å². The van der Waals surface area contributed by atoms with Crippen molar-refractivity contribution in [1.82, 2.24) is 24.6 Å². The van der Waals surface area contributed by atoms with E-state index in [1.807, 2.05) is 53.9 Å². The maximum Gasteiger partial charge on any atom is 0.315 e. The van der Waals surface area contributed by atoms with Crippen molar-refractivity contribution >= 4 is 35.0 Å². The van der Waals surface area contributed by atoms with E-state index in [-0.39, 0.29) is 0 Å². The molecule has 0 unspecified atom stereocenters. The number of nitrogens with one attached hydrogen (secondary N) is 1. The Kier molecular flexibility index (Phi) is 4.84. The number of rotatable bonds is 4. The second-order valence-corrected chi connectivity index (χ2v) is 7.72. The van der Waals surface area contributed by atoms with E-state index in [9.17, 15) is 0 Å². The van der Waals surface area contributed by atoms with Gasteiger partial charge in [0.2, 0.25) is 11.7 Å². The highest BCUT2D eigenvalue weighted by molar-refractivity contribution is 6.35. The molecular formula is C22H16Cl2N6O. The summed E-state index contributed by atoms with van der Waals surface area (Å²) >= 11 is 13.4. The Balaban J connectivity index is 1.85. The average molecular weight is 451 g/mol. The van der Waals surface area contributed by atoms with Crippen LogP contribution in [0.3, 0.4) is 0 Å². The van der Waals surface area contributed by atoms with Crippen molar-refractivity contribution in [1.29, 1.82) is 0 Å². The Hall–Kier alpha value is -3.42. The summed E-state index contributed by atoms with van der Waals surface area (Å²) in [6.45, 7) is 1.99. The zero-order valence-corrected chi connectivity index (χ0v) is 18.1. The molecule has 0 aliphatic rings. The highest BCUT2D eigenvalue weighted by atomic mass is 35.5. The summed E-state index contributed by atoms with van der Waals surface area (Å²) in [4.78, 5) is 9.21. The molecule has 0 aliphatic carbocycles. The van der Waals surface area contributed by atoms with Crippen molar-refractivity contribution in [3.05, 3.63) is 70.5 Å². The van der Waals surface area contributed by atoms with Crippen LogP contribution in [-0.2, 0) is 0 Å². The lowest BCUT2D eigenvalue weighted by Gasteiger charge is -2.11. The number of hydrogen-bond donors (Lipinski definition) is 1. The monoisotopic (exact) mass is 450 g/mol. The number of benzene rings is 2. The summed E-state index contributed by atoms with van der Waals surface area (Å²) in [7, 11) is 1.71. The van der Waals surface area contributed by atoms with Crippen LogP contribution in [0, 0.1) is 6.92 Å². The topological polar surface area (TPSA) is 81.1 Å². The number of imidazole rings is 1. The fourth-order valence-electron chi connectivity index (χ4n) is 3.51. The zero-order valence-electron chi connectivity index (χ0n) is 16.6. The molecular weight excluding hydrogens is 435 g/mol. The summed E-state index contributed by atoms with van der Waals surface area (Å²) in [5, 5.41) is 12.1. The van der Waals surface area contributed by atoms with Gasteiger partial charge in [-0.1, -0.05) is 46.5 Å². The standard InChI is InChI=1S/C22H16Cl2N6O/c1-12-7-8-13(16(24)11-12)19-18(27-21-26-9-4-10-30(19)21)17-14(5-3-6-15(17)23)20-28-29-22(25-2)31-20/h3-11H,1-2H3,(H,25,29). The van der Waals surface area contributed by atoms with Crippen LogP contribution >= 0.6 is 23.2 Å². The van der Waals surface area contributed by atoms with Crippen LogP contribution in [0.25, 0.3) is 39.7 Å². The molecule has 0 amide bonds. The van der Waals surface area contributed by atoms with E-state index in [2.05, 4.69) is 20.5 Å². The van der Waals surface area contributed by atoms with Gasteiger partial charge in [-0.2, -0.15) is 0 Å². The van der Waals surface area contributed by atoms with E-state index >= 15 is 0 Å². The fraction of sp³-hybridized carbons (Fsp3) is 0.0909. The van der Waals surface area contributed by atoms with E-state index in [0.29, 0.717) is 44.5 Å². The Morgan fingerprint density at radius 3 is 2.65 bits per heavy atom. The average Bonchev–Trinajstić information content (AvgIpc) is 3.38. The molecule has 0 saturated carbocycles. The largest absolute Gasteiger partial charge is 0.403 e. The molecule has 3 heterocycles. The third-order valence-corrected chi connectivity index (χ3v) is 5.53. The molecule has 154 valence electrons. The minimum Gasteiger partial charge on any atom is -0.403 e. The van der Waals surface area contributed by atoms with E-state index in [4.69, 9.17) is 32.6 Å². The van der Waals surface area contributed by atoms with Crippen molar-refractivity contribution in [3.8, 4) is 34.0 Å². The minimum absolute atomic E-state index is 0.305. The molecule has 0 atom stereocenters. The molecule has 0 aliphatic heterocycles. The lowest BCUT2D eigenvalue weighted by molar-refractivity contribution is 0.585. The SMILES string of the molecule is CNc1nnc(-c2cccc(Cl)c2-c2nc3ncccn3c2-c2ccc(C)cc2Cl)o1. The molecule has 5 aromatic rings. The van der Waals surface area contributed by atoms with Gasteiger partial charge >= 0.3 is 6.01 Å². The lowest BCUT2D eigenvalue weighted by Crippen LogP contribution is -1.93. The number of hydrogen-bond acceptors (Lipinski definition) is 6. The predicted molar refractivity (Wildman–Crippen MR) is 121 cm³/mol. The fourth-order valence-corrected chi connectivity index (χ4v) is 4.10. The van der Waals surface area contributed by atoms with Crippen molar-refractivity contribution in [2.45, 2.75) is 6.92 Å². The number of aromatic nitrogens is 5. The Morgan fingerprint density at radius 1 is 1.00 bits per heavy atom. The van der Waals surface area contributed by atoms with Gasteiger partial charge in [-0.3, -0.25) is 4.40 Å². The van der Waals surface area contributed by atoms with Crippen LogP contribution in [0.5, 0.6) is 0 Å². The summed E-state index contributed by atoms with van der Waals surface area (Å²) in [6.07, 6.45) is 3.59. The molecule has 0 bridgehead atoms. The van der Waals surface area contributed by atoms with Gasteiger partial charge in [0.15, 0.2) is 0 Å². The Morgan fingerprint density at radius 2 is 1.87 bits per heavy atom. The Labute approximate surface area is 187 Å². The number of fused-ring (bicyclic) bond motifs is 1. The van der Waals surface area contributed by atoms with Crippen LogP contribution in [0.2, 0.25) is 10.0 Å². The molecule has 31 heavy (non-hydrogen) atoms. The van der Waals surface area contributed by atoms with E-state index in [0.717, 1.165) is 16.8 Å². The van der Waals surface area contributed by atoms with Gasteiger partial charge in [-0.25, -0.2) is 9.97 Å². The predicted octanol–water partition coefficient (Wildman–Crippen LogP) is 5.77. The molecule has 1 N–H and O–H groups in total. The molecule has 0 saturated heterocycles. The first-order chi connectivity index (χ1) is 15.1. The van der Waals surface area contributed by atoms with Crippen LogP contribution < -0.4 is 5.32 Å². The molecule has 0 spiro atoms. The molecule has 5 rings (SSSR count). The van der Waals surface area contributed by atoms with Crippen LogP contribution in [-0.4, -0.2) is 31.6 Å². The van der Waals surface area contributed by atoms with E-state index in [1.165, 1.54) is 0 Å². The highest BCUT2D eigenvalue weighted by Gasteiger charge is 2.25. The first kappa shape index (κ1) is 19.5. The maximum absolute atomic E-state index is 6.70. The van der Waals surface area contributed by atoms with Crippen molar-refractivity contribution in [2.75, 3.05) is 12.4 Å². The Bertz CT molecular complexity index is 1430. The zero-order chi connectivity index (χ0) is 21.5. The van der Waals surface area contributed by atoms with Crippen molar-refractivity contribution in [3.63, 3.8) is 0 Å². The third-order valence-electron chi connectivity index (χ3n) is 4.90. The van der Waals surface area contributed by atoms with Crippen LogP contribution in [0.1, 0.15) is 5.56 Å². The van der Waals surface area contributed by atoms with Gasteiger partial charge in [-0.05, 0) is 36.8 Å². The first-order valence-electron chi connectivity index (χ1n) is 9.47.